The van der Waals surface area contributed by atoms with Crippen LogP contribution >= 0.6 is 11.8 Å². The van der Waals surface area contributed by atoms with Gasteiger partial charge in [0.05, 0.1) is 11.3 Å². The van der Waals surface area contributed by atoms with Crippen molar-refractivity contribution in [2.45, 2.75) is 25.0 Å². The first kappa shape index (κ1) is 19.6. The summed E-state index contributed by atoms with van der Waals surface area (Å²) in [5, 5.41) is 13.3. The molecule has 2 rings (SSSR count). The van der Waals surface area contributed by atoms with E-state index in [0.717, 1.165) is 18.2 Å². The maximum Gasteiger partial charge on any atom is 0.321 e. The van der Waals surface area contributed by atoms with Crippen molar-refractivity contribution in [2.75, 3.05) is 12.3 Å². The number of nitrogens with zero attached hydrogens (tertiary/aromatic N) is 3. The summed E-state index contributed by atoms with van der Waals surface area (Å²) in [5.41, 5.74) is 0.317. The molecule has 0 aliphatic carbocycles. The third kappa shape index (κ3) is 5.16. The standard InChI is InChI=1S/C17H20FN5O2S/c1-3-9-19-16(25)20-14(24)11-26-17-22-21-15(23(17)10-4-2)12-7-5-6-8-13(12)18/h4-8H,2-3,9-11H2,1H3,(H2,19,20,24,25). The van der Waals surface area contributed by atoms with Gasteiger partial charge < -0.3 is 5.32 Å². The summed E-state index contributed by atoms with van der Waals surface area (Å²) >= 11 is 1.11. The number of carbonyl (C=O) groups excluding carboxylic acids is 2. The first-order valence-corrected chi connectivity index (χ1v) is 9.04. The number of amides is 3. The van der Waals surface area contributed by atoms with Gasteiger partial charge in [0, 0.05) is 13.1 Å². The Labute approximate surface area is 155 Å². The highest BCUT2D eigenvalue weighted by molar-refractivity contribution is 7.99. The highest BCUT2D eigenvalue weighted by Gasteiger charge is 2.17. The molecule has 26 heavy (non-hydrogen) atoms. The number of halogens is 1. The minimum atomic E-state index is -0.531. The second-order valence-electron chi connectivity index (χ2n) is 5.28. The van der Waals surface area contributed by atoms with Gasteiger partial charge in [0.15, 0.2) is 11.0 Å². The third-order valence-electron chi connectivity index (χ3n) is 3.26. The lowest BCUT2D eigenvalue weighted by atomic mass is 10.2. The van der Waals surface area contributed by atoms with E-state index < -0.39 is 17.8 Å². The van der Waals surface area contributed by atoms with Gasteiger partial charge in [-0.05, 0) is 18.6 Å². The number of hydrogen-bond acceptors (Lipinski definition) is 5. The van der Waals surface area contributed by atoms with E-state index in [-0.39, 0.29) is 5.75 Å². The SMILES string of the molecule is C=CCn1c(SCC(=O)NC(=O)NCCC)nnc1-c1ccccc1F. The van der Waals surface area contributed by atoms with Crippen LogP contribution < -0.4 is 10.6 Å². The number of nitrogens with one attached hydrogen (secondary N) is 2. The fourth-order valence-electron chi connectivity index (χ4n) is 2.11. The van der Waals surface area contributed by atoms with E-state index in [4.69, 9.17) is 0 Å². The number of imide groups is 1. The van der Waals surface area contributed by atoms with Crippen LogP contribution in [0.4, 0.5) is 9.18 Å². The molecule has 2 N–H and O–H groups in total. The zero-order valence-corrected chi connectivity index (χ0v) is 15.2. The lowest BCUT2D eigenvalue weighted by Crippen LogP contribution is -2.40. The third-order valence-corrected chi connectivity index (χ3v) is 4.23. The minimum Gasteiger partial charge on any atom is -0.338 e. The van der Waals surface area contributed by atoms with Crippen LogP contribution in [0.3, 0.4) is 0 Å². The molecule has 3 amide bonds. The molecule has 0 aliphatic heterocycles. The Kier molecular flexibility index (Phi) is 7.34. The Balaban J connectivity index is 2.08. The van der Waals surface area contributed by atoms with Gasteiger partial charge in [0.1, 0.15) is 5.82 Å². The van der Waals surface area contributed by atoms with Gasteiger partial charge in [0.25, 0.3) is 0 Å². The highest BCUT2D eigenvalue weighted by Crippen LogP contribution is 2.25. The summed E-state index contributed by atoms with van der Waals surface area (Å²) in [4.78, 5) is 23.3. The number of benzene rings is 1. The number of rotatable bonds is 8. The van der Waals surface area contributed by atoms with Gasteiger partial charge in [-0.2, -0.15) is 0 Å². The Morgan fingerprint density at radius 1 is 1.35 bits per heavy atom. The Hall–Kier alpha value is -2.68. The number of thioether (sulfide) groups is 1. The molecule has 138 valence electrons. The molecule has 0 saturated carbocycles. The van der Waals surface area contributed by atoms with Gasteiger partial charge in [-0.3, -0.25) is 14.7 Å². The summed E-state index contributed by atoms with van der Waals surface area (Å²) in [6, 6.07) is 5.73. The molecule has 0 atom stereocenters. The van der Waals surface area contributed by atoms with Gasteiger partial charge in [-0.1, -0.05) is 36.9 Å². The maximum atomic E-state index is 14.0. The van der Waals surface area contributed by atoms with Gasteiger partial charge in [0.2, 0.25) is 5.91 Å². The molecule has 0 bridgehead atoms. The first-order chi connectivity index (χ1) is 12.6. The Bertz CT molecular complexity index is 793. The van der Waals surface area contributed by atoms with Gasteiger partial charge in [-0.25, -0.2) is 9.18 Å². The van der Waals surface area contributed by atoms with Crippen LogP contribution in [0.15, 0.2) is 42.1 Å². The molecule has 0 spiro atoms. The van der Waals surface area contributed by atoms with Crippen molar-refractivity contribution in [3.05, 3.63) is 42.7 Å². The Morgan fingerprint density at radius 2 is 2.12 bits per heavy atom. The molecule has 2 aromatic rings. The average molecular weight is 377 g/mol. The summed E-state index contributed by atoms with van der Waals surface area (Å²) in [5.74, 6) is -0.533. The summed E-state index contributed by atoms with van der Waals surface area (Å²) in [7, 11) is 0. The summed E-state index contributed by atoms with van der Waals surface area (Å²) < 4.78 is 15.7. The molecular formula is C17H20FN5O2S. The van der Waals surface area contributed by atoms with Crippen LogP contribution in [0.1, 0.15) is 13.3 Å². The van der Waals surface area contributed by atoms with E-state index in [2.05, 4.69) is 27.4 Å². The highest BCUT2D eigenvalue weighted by atomic mass is 32.2. The second kappa shape index (κ2) is 9.71. The van der Waals surface area contributed by atoms with Crippen molar-refractivity contribution in [1.29, 1.82) is 0 Å². The molecule has 0 radical (unpaired) electrons. The predicted octanol–water partition coefficient (Wildman–Crippen LogP) is 2.60. The quantitative estimate of drug-likeness (QED) is 0.545. The normalized spacial score (nSPS) is 10.4. The molecule has 1 aromatic carbocycles. The van der Waals surface area contributed by atoms with E-state index in [1.807, 2.05) is 6.92 Å². The van der Waals surface area contributed by atoms with E-state index in [1.54, 1.807) is 28.8 Å². The van der Waals surface area contributed by atoms with Crippen LogP contribution in [0.25, 0.3) is 11.4 Å². The number of hydrogen-bond donors (Lipinski definition) is 2. The van der Waals surface area contributed by atoms with Crippen molar-refractivity contribution in [3.63, 3.8) is 0 Å². The topological polar surface area (TPSA) is 88.9 Å². The van der Waals surface area contributed by atoms with E-state index >= 15 is 0 Å². The fourth-order valence-corrected chi connectivity index (χ4v) is 2.85. The predicted molar refractivity (Wildman–Crippen MR) is 98.2 cm³/mol. The van der Waals surface area contributed by atoms with Gasteiger partial charge in [-0.15, -0.1) is 16.8 Å². The molecule has 0 fully saturated rings. The molecule has 1 aromatic heterocycles. The number of carbonyl (C=O) groups is 2. The molecule has 0 saturated heterocycles. The van der Waals surface area contributed by atoms with Crippen LogP contribution in [0.2, 0.25) is 0 Å². The largest absolute Gasteiger partial charge is 0.338 e. The second-order valence-corrected chi connectivity index (χ2v) is 6.22. The smallest absolute Gasteiger partial charge is 0.321 e. The maximum absolute atomic E-state index is 14.0. The molecule has 1 heterocycles. The van der Waals surface area contributed by atoms with E-state index in [1.165, 1.54) is 6.07 Å². The van der Waals surface area contributed by atoms with Crippen LogP contribution in [-0.4, -0.2) is 39.0 Å². The number of allylic oxidation sites excluding steroid dienone is 1. The van der Waals surface area contributed by atoms with Crippen LogP contribution in [0, 0.1) is 5.82 Å². The number of aromatic nitrogens is 3. The zero-order valence-electron chi connectivity index (χ0n) is 14.4. The van der Waals surface area contributed by atoms with Gasteiger partial charge >= 0.3 is 6.03 Å². The summed E-state index contributed by atoms with van der Waals surface area (Å²) in [6.07, 6.45) is 2.41. The van der Waals surface area contributed by atoms with Crippen LogP contribution in [0.5, 0.6) is 0 Å². The number of urea groups is 1. The Morgan fingerprint density at radius 3 is 2.81 bits per heavy atom. The molecule has 0 unspecified atom stereocenters. The van der Waals surface area contributed by atoms with Crippen molar-refractivity contribution in [1.82, 2.24) is 25.4 Å². The lowest BCUT2D eigenvalue weighted by Gasteiger charge is -2.08. The molecule has 0 aliphatic rings. The van der Waals surface area contributed by atoms with Crippen molar-refractivity contribution >= 4 is 23.7 Å². The van der Waals surface area contributed by atoms with Crippen molar-refractivity contribution < 1.29 is 14.0 Å². The lowest BCUT2D eigenvalue weighted by molar-refractivity contribution is -0.117. The molecule has 7 nitrogen and oxygen atoms in total. The molecule has 9 heteroatoms. The minimum absolute atomic E-state index is 0.0217. The van der Waals surface area contributed by atoms with Crippen LogP contribution in [-0.2, 0) is 11.3 Å². The van der Waals surface area contributed by atoms with Crippen molar-refractivity contribution in [3.8, 4) is 11.4 Å². The van der Waals surface area contributed by atoms with Crippen molar-refractivity contribution in [2.24, 2.45) is 0 Å². The molecular weight excluding hydrogens is 357 g/mol. The first-order valence-electron chi connectivity index (χ1n) is 8.06. The average Bonchev–Trinajstić information content (AvgIpc) is 3.01. The fraction of sp³-hybridized carbons (Fsp3) is 0.294. The van der Waals surface area contributed by atoms with E-state index in [0.29, 0.717) is 29.6 Å². The van der Waals surface area contributed by atoms with E-state index in [9.17, 15) is 14.0 Å². The zero-order chi connectivity index (χ0) is 18.9. The summed E-state index contributed by atoms with van der Waals surface area (Å²) in [6.45, 7) is 6.45. The monoisotopic (exact) mass is 377 g/mol.